The van der Waals surface area contributed by atoms with Gasteiger partial charge in [-0.3, -0.25) is 14.0 Å². The topological polar surface area (TPSA) is 62.0 Å². The minimum Gasteiger partial charge on any atom is -0.349 e. The molecule has 1 heterocycles. The van der Waals surface area contributed by atoms with Gasteiger partial charge in [-0.2, -0.15) is 0 Å². The minimum absolute atomic E-state index is 0.00822. The molecule has 1 saturated carbocycles. The third-order valence-corrected chi connectivity index (χ3v) is 4.67. The smallest absolute Gasteiger partial charge is 0.277 e. The first-order valence-corrected chi connectivity index (χ1v) is 6.97. The van der Waals surface area contributed by atoms with Crippen LogP contribution in [0.25, 0.3) is 0 Å². The number of carbonyl (C=O) groups excluding carboxylic acids is 1. The van der Waals surface area contributed by atoms with Gasteiger partial charge in [0.25, 0.3) is 11.5 Å². The third-order valence-electron chi connectivity index (χ3n) is 3.32. The van der Waals surface area contributed by atoms with Gasteiger partial charge in [-0.1, -0.05) is 36.0 Å². The molecule has 0 aliphatic heterocycles. The van der Waals surface area contributed by atoms with Crippen molar-refractivity contribution in [2.24, 2.45) is 5.92 Å². The van der Waals surface area contributed by atoms with Crippen LogP contribution in [0.1, 0.15) is 42.3 Å². The van der Waals surface area contributed by atoms with E-state index in [1.54, 1.807) is 0 Å². The van der Waals surface area contributed by atoms with E-state index in [0.717, 1.165) is 11.5 Å². The average Bonchev–Trinajstić information content (AvgIpc) is 2.90. The summed E-state index contributed by atoms with van der Waals surface area (Å²) in [6, 6.07) is 0.137. The number of nitrogens with one attached hydrogen (secondary N) is 2. The molecule has 0 radical (unpaired) electrons. The van der Waals surface area contributed by atoms with Gasteiger partial charge in [-0.05, 0) is 25.7 Å². The zero-order chi connectivity index (χ0) is 12.4. The van der Waals surface area contributed by atoms with Crippen molar-refractivity contribution in [3.05, 3.63) is 20.3 Å². The number of hydrogen-bond donors (Lipinski definition) is 2. The van der Waals surface area contributed by atoms with Crippen molar-refractivity contribution >= 4 is 29.0 Å². The normalized spacial score (nSPS) is 18.2. The lowest BCUT2D eigenvalue weighted by atomic mass is 10.00. The van der Waals surface area contributed by atoms with E-state index in [9.17, 15) is 9.59 Å². The maximum Gasteiger partial charge on any atom is 0.277 e. The Morgan fingerprint density at radius 3 is 2.71 bits per heavy atom. The number of halogens is 1. The molecular formula is C11H15ClN2O2S. The number of amides is 1. The van der Waals surface area contributed by atoms with Gasteiger partial charge in [-0.25, -0.2) is 0 Å². The van der Waals surface area contributed by atoms with Crippen molar-refractivity contribution in [1.29, 1.82) is 0 Å². The first kappa shape index (κ1) is 12.6. The first-order chi connectivity index (χ1) is 8.09. The van der Waals surface area contributed by atoms with Crippen molar-refractivity contribution in [2.75, 3.05) is 0 Å². The molecule has 1 fully saturated rings. The molecule has 0 bridgehead atoms. The van der Waals surface area contributed by atoms with Crippen molar-refractivity contribution < 1.29 is 4.79 Å². The van der Waals surface area contributed by atoms with Crippen molar-refractivity contribution in [2.45, 2.75) is 38.6 Å². The summed E-state index contributed by atoms with van der Waals surface area (Å²) in [4.78, 5) is 23.3. The molecular weight excluding hydrogens is 260 g/mol. The molecule has 0 unspecified atom stereocenters. The first-order valence-electron chi connectivity index (χ1n) is 5.77. The fourth-order valence-electron chi connectivity index (χ4n) is 2.28. The highest BCUT2D eigenvalue weighted by Gasteiger charge is 2.24. The summed E-state index contributed by atoms with van der Waals surface area (Å²) in [5.41, 5.74) is -0.393. The molecule has 0 spiro atoms. The fraction of sp³-hybridized carbons (Fsp3) is 0.636. The predicted molar refractivity (Wildman–Crippen MR) is 68.8 cm³/mol. The van der Waals surface area contributed by atoms with Crippen molar-refractivity contribution in [3.8, 4) is 0 Å². The molecule has 1 aromatic heterocycles. The monoisotopic (exact) mass is 274 g/mol. The molecule has 1 aliphatic carbocycles. The van der Waals surface area contributed by atoms with Gasteiger partial charge >= 0.3 is 0 Å². The van der Waals surface area contributed by atoms with E-state index in [-0.39, 0.29) is 21.8 Å². The van der Waals surface area contributed by atoms with E-state index >= 15 is 0 Å². The average molecular weight is 275 g/mol. The number of aromatic amines is 1. The van der Waals surface area contributed by atoms with E-state index < -0.39 is 5.56 Å². The number of rotatable bonds is 3. The molecule has 94 valence electrons. The highest BCUT2D eigenvalue weighted by atomic mass is 35.5. The van der Waals surface area contributed by atoms with Crippen LogP contribution in [-0.2, 0) is 0 Å². The van der Waals surface area contributed by atoms with Gasteiger partial charge < -0.3 is 5.32 Å². The van der Waals surface area contributed by atoms with E-state index in [1.807, 2.05) is 6.92 Å². The van der Waals surface area contributed by atoms with Crippen molar-refractivity contribution in [3.63, 3.8) is 0 Å². The second kappa shape index (κ2) is 5.23. The molecule has 6 heteroatoms. The number of aromatic nitrogens is 1. The van der Waals surface area contributed by atoms with Crippen LogP contribution >= 0.6 is 23.1 Å². The van der Waals surface area contributed by atoms with Crippen LogP contribution in [-0.4, -0.2) is 16.3 Å². The van der Waals surface area contributed by atoms with Crippen LogP contribution in [0.3, 0.4) is 0 Å². The summed E-state index contributed by atoms with van der Waals surface area (Å²) >= 11 is 6.74. The number of carbonyl (C=O) groups is 1. The Morgan fingerprint density at radius 1 is 1.53 bits per heavy atom. The Bertz CT molecular complexity index is 462. The summed E-state index contributed by atoms with van der Waals surface area (Å²) in [6.07, 6.45) is 4.81. The zero-order valence-corrected chi connectivity index (χ0v) is 11.2. The Balaban J connectivity index is 2.01. The third kappa shape index (κ3) is 2.72. The summed E-state index contributed by atoms with van der Waals surface area (Å²) in [5, 5.41) is 2.91. The molecule has 1 atom stereocenters. The minimum atomic E-state index is -0.393. The van der Waals surface area contributed by atoms with Gasteiger partial charge in [-0.15, -0.1) is 0 Å². The van der Waals surface area contributed by atoms with Crippen LogP contribution in [0, 0.1) is 5.92 Å². The second-order valence-electron chi connectivity index (χ2n) is 4.48. The predicted octanol–water partition coefficient (Wildman–Crippen LogP) is 2.40. The molecule has 4 nitrogen and oxygen atoms in total. The zero-order valence-electron chi connectivity index (χ0n) is 9.59. The van der Waals surface area contributed by atoms with Gasteiger partial charge in [0.1, 0.15) is 9.90 Å². The highest BCUT2D eigenvalue weighted by Crippen LogP contribution is 2.27. The van der Waals surface area contributed by atoms with Gasteiger partial charge in [0.2, 0.25) is 0 Å². The summed E-state index contributed by atoms with van der Waals surface area (Å²) in [7, 11) is 0. The quantitative estimate of drug-likeness (QED) is 0.889. The number of hydrogen-bond acceptors (Lipinski definition) is 3. The lowest BCUT2D eigenvalue weighted by molar-refractivity contribution is 0.0931. The number of H-pyrrole nitrogens is 1. The Kier molecular flexibility index (Phi) is 3.89. The Labute approximate surface area is 109 Å². The fourth-order valence-corrected chi connectivity index (χ4v) is 3.22. The maximum atomic E-state index is 11.9. The molecule has 0 saturated heterocycles. The largest absolute Gasteiger partial charge is 0.349 e. The molecule has 1 amide bonds. The standard InChI is InChI=1S/C11H15ClN2O2S/c1-6(7-4-2-3-5-7)13-11(16)9-8(12)10(15)14-17-9/h6-7H,2-5H2,1H3,(H,13,16)(H,14,15)/t6-/m0/s1. The molecule has 17 heavy (non-hydrogen) atoms. The van der Waals surface area contributed by atoms with E-state index in [2.05, 4.69) is 9.69 Å². The Morgan fingerprint density at radius 2 is 2.18 bits per heavy atom. The van der Waals surface area contributed by atoms with Gasteiger partial charge in [0.05, 0.1) is 0 Å². The van der Waals surface area contributed by atoms with Crippen LogP contribution in [0.5, 0.6) is 0 Å². The van der Waals surface area contributed by atoms with E-state index in [0.29, 0.717) is 5.92 Å². The maximum absolute atomic E-state index is 11.9. The molecule has 0 aromatic carbocycles. The summed E-state index contributed by atoms with van der Waals surface area (Å²) in [5.74, 6) is 0.297. The molecule has 1 aliphatic rings. The summed E-state index contributed by atoms with van der Waals surface area (Å²) in [6.45, 7) is 2.01. The molecule has 2 N–H and O–H groups in total. The van der Waals surface area contributed by atoms with Crippen LogP contribution in [0.4, 0.5) is 0 Å². The second-order valence-corrected chi connectivity index (χ2v) is 5.68. The molecule has 2 rings (SSSR count). The SMILES string of the molecule is C[C@H](NC(=O)c1s[nH]c(=O)c1Cl)C1CCCC1. The van der Waals surface area contributed by atoms with E-state index in [4.69, 9.17) is 11.6 Å². The van der Waals surface area contributed by atoms with Crippen LogP contribution in [0.15, 0.2) is 4.79 Å². The van der Waals surface area contributed by atoms with E-state index in [1.165, 1.54) is 25.7 Å². The van der Waals surface area contributed by atoms with Crippen molar-refractivity contribution in [1.82, 2.24) is 9.69 Å². The van der Waals surface area contributed by atoms with Gasteiger partial charge in [0.15, 0.2) is 0 Å². The van der Waals surface area contributed by atoms with Crippen LogP contribution in [0.2, 0.25) is 5.02 Å². The highest BCUT2D eigenvalue weighted by molar-refractivity contribution is 7.08. The van der Waals surface area contributed by atoms with Gasteiger partial charge in [0, 0.05) is 6.04 Å². The Hall–Kier alpha value is -0.810. The lowest BCUT2D eigenvalue weighted by Crippen LogP contribution is -2.37. The summed E-state index contributed by atoms with van der Waals surface area (Å²) < 4.78 is 2.45. The lowest BCUT2D eigenvalue weighted by Gasteiger charge is -2.19. The molecule has 1 aromatic rings. The van der Waals surface area contributed by atoms with Crippen LogP contribution < -0.4 is 10.9 Å².